The molecule has 0 aliphatic heterocycles. The molecule has 0 unspecified atom stereocenters. The van der Waals surface area contributed by atoms with E-state index < -0.39 is 11.6 Å². The lowest BCUT2D eigenvalue weighted by molar-refractivity contribution is -0.107. The number of nitrogens with zero attached hydrogens (tertiary/aromatic N) is 2. The number of anilines is 2. The summed E-state index contributed by atoms with van der Waals surface area (Å²) in [7, 11) is 3.47. The average Bonchev–Trinajstić information content (AvgIpc) is 3.25. The summed E-state index contributed by atoms with van der Waals surface area (Å²) in [6.07, 6.45) is 1.13. The van der Waals surface area contributed by atoms with Gasteiger partial charge in [-0.05, 0) is 49.4 Å². The van der Waals surface area contributed by atoms with Crippen LogP contribution in [0.15, 0.2) is 42.5 Å². The van der Waals surface area contributed by atoms with Crippen molar-refractivity contribution in [3.8, 4) is 10.4 Å². The number of carbonyl (C=O) groups is 3. The predicted octanol–water partition coefficient (Wildman–Crippen LogP) is 4.89. The number of nitrogens with one attached hydrogen (secondary N) is 2. The summed E-state index contributed by atoms with van der Waals surface area (Å²) in [5.74, 6) is -1.56. The van der Waals surface area contributed by atoms with E-state index in [0.717, 1.165) is 27.5 Å². The summed E-state index contributed by atoms with van der Waals surface area (Å²) in [6.45, 7) is 3.36. The van der Waals surface area contributed by atoms with Crippen molar-refractivity contribution < 1.29 is 27.9 Å². The van der Waals surface area contributed by atoms with Crippen LogP contribution in [0.5, 0.6) is 0 Å². The van der Waals surface area contributed by atoms with Crippen molar-refractivity contribution in [3.05, 3.63) is 70.8 Å². The predicted molar refractivity (Wildman–Crippen MR) is 145 cm³/mol. The molecule has 2 N–H and O–H groups in total. The third-order valence-electron chi connectivity index (χ3n) is 5.77. The molecular weight excluding hydrogens is 514 g/mol. The smallest absolute Gasteiger partial charge is 0.319 e. The van der Waals surface area contributed by atoms with Crippen LogP contribution in [-0.4, -0.2) is 57.5 Å². The number of rotatable bonds is 13. The minimum Gasteiger partial charge on any atom is -0.383 e. The summed E-state index contributed by atoms with van der Waals surface area (Å²) < 4.78 is 33.9. The van der Waals surface area contributed by atoms with Crippen molar-refractivity contribution in [2.75, 3.05) is 44.1 Å². The molecule has 0 bridgehead atoms. The van der Waals surface area contributed by atoms with Crippen molar-refractivity contribution >= 4 is 40.8 Å². The Bertz CT molecular complexity index is 1250. The number of carbonyl (C=O) groups excluding carboxylic acids is 3. The largest absolute Gasteiger partial charge is 0.383 e. The maximum absolute atomic E-state index is 14.4. The Kier molecular flexibility index (Phi) is 10.5. The number of ether oxygens (including phenoxy) is 1. The number of likely N-dealkylation sites (N-methyl/N-ethyl adjacent to an activating group) is 1. The molecule has 0 aliphatic rings. The zero-order chi connectivity index (χ0) is 27.7. The molecule has 8 nitrogen and oxygen atoms in total. The second-order valence-electron chi connectivity index (χ2n) is 8.47. The van der Waals surface area contributed by atoms with Crippen molar-refractivity contribution in [2.45, 2.75) is 20.0 Å². The molecule has 11 heteroatoms. The van der Waals surface area contributed by atoms with Gasteiger partial charge in [-0.2, -0.15) is 0 Å². The summed E-state index contributed by atoms with van der Waals surface area (Å²) >= 11 is 1.18. The number of thiophene rings is 1. The molecule has 38 heavy (non-hydrogen) atoms. The zero-order valence-corrected chi connectivity index (χ0v) is 22.2. The van der Waals surface area contributed by atoms with Crippen molar-refractivity contribution in [2.24, 2.45) is 0 Å². The zero-order valence-electron chi connectivity index (χ0n) is 21.4. The lowest BCUT2D eigenvalue weighted by atomic mass is 10.0. The number of urea groups is 1. The van der Waals surface area contributed by atoms with Crippen LogP contribution in [0, 0.1) is 11.6 Å². The SMILES string of the molecule is CCNC(=O)Nc1ccc(-c2sc(N(C=O)Cc3c(F)cccc3F)c(C=O)c2CN(C)CCOC)cc1. The van der Waals surface area contributed by atoms with Gasteiger partial charge >= 0.3 is 6.03 Å². The van der Waals surface area contributed by atoms with Gasteiger partial charge in [-0.1, -0.05) is 18.2 Å². The Morgan fingerprint density at radius 1 is 1.05 bits per heavy atom. The summed E-state index contributed by atoms with van der Waals surface area (Å²) in [5, 5.41) is 5.68. The molecule has 1 aromatic heterocycles. The van der Waals surface area contributed by atoms with Gasteiger partial charge in [0.05, 0.1) is 18.7 Å². The standard InChI is InChI=1S/C27H30F2N4O4S/c1-4-30-27(36)31-19-10-8-18(9-11-19)25-20(14-32(2)12-13-37-3)22(16-34)26(38-25)33(17-35)15-21-23(28)6-5-7-24(21)29/h5-11,16-17H,4,12-15H2,1-3H3,(H2,30,31,36). The molecular formula is C27H30F2N4O4S. The van der Waals surface area contributed by atoms with E-state index in [0.29, 0.717) is 50.2 Å². The number of aldehydes is 1. The van der Waals surface area contributed by atoms with E-state index >= 15 is 0 Å². The summed E-state index contributed by atoms with van der Waals surface area (Å²) in [5.41, 5.74) is 2.00. The highest BCUT2D eigenvalue weighted by Crippen LogP contribution is 2.42. The molecule has 1 heterocycles. The highest BCUT2D eigenvalue weighted by atomic mass is 32.1. The fourth-order valence-electron chi connectivity index (χ4n) is 3.84. The van der Waals surface area contributed by atoms with Gasteiger partial charge in [0.2, 0.25) is 6.41 Å². The van der Waals surface area contributed by atoms with Crippen LogP contribution in [0.25, 0.3) is 10.4 Å². The molecule has 0 saturated carbocycles. The number of benzene rings is 2. The maximum Gasteiger partial charge on any atom is 0.319 e. The van der Waals surface area contributed by atoms with E-state index in [4.69, 9.17) is 4.74 Å². The first-order valence-corrected chi connectivity index (χ1v) is 12.7. The van der Waals surface area contributed by atoms with Gasteiger partial charge in [0.25, 0.3) is 0 Å². The Morgan fingerprint density at radius 3 is 2.32 bits per heavy atom. The second-order valence-corrected chi connectivity index (χ2v) is 9.47. The van der Waals surface area contributed by atoms with Gasteiger partial charge in [-0.3, -0.25) is 14.5 Å². The first-order valence-electron chi connectivity index (χ1n) is 11.9. The van der Waals surface area contributed by atoms with Crippen LogP contribution in [0.4, 0.5) is 24.3 Å². The topological polar surface area (TPSA) is 91.0 Å². The molecule has 0 saturated heterocycles. The van der Waals surface area contributed by atoms with Crippen LogP contribution >= 0.6 is 11.3 Å². The lowest BCUT2D eigenvalue weighted by Gasteiger charge is -2.19. The number of amides is 3. The van der Waals surface area contributed by atoms with Gasteiger partial charge < -0.3 is 20.3 Å². The molecule has 0 aliphatic carbocycles. The van der Waals surface area contributed by atoms with Crippen LogP contribution < -0.4 is 15.5 Å². The Hall–Kier alpha value is -3.67. The molecule has 0 atom stereocenters. The lowest BCUT2D eigenvalue weighted by Crippen LogP contribution is -2.28. The molecule has 0 spiro atoms. The Balaban J connectivity index is 2.05. The van der Waals surface area contributed by atoms with Crippen LogP contribution in [0.2, 0.25) is 0 Å². The molecule has 3 amide bonds. The first kappa shape index (κ1) is 28.9. The van der Waals surface area contributed by atoms with E-state index in [1.54, 1.807) is 31.4 Å². The Morgan fingerprint density at radius 2 is 1.74 bits per heavy atom. The fraction of sp³-hybridized carbons (Fsp3) is 0.296. The van der Waals surface area contributed by atoms with Crippen LogP contribution in [-0.2, 0) is 22.6 Å². The monoisotopic (exact) mass is 544 g/mol. The van der Waals surface area contributed by atoms with Crippen molar-refractivity contribution in [1.29, 1.82) is 0 Å². The highest BCUT2D eigenvalue weighted by Gasteiger charge is 2.25. The number of halogens is 2. The van der Waals surface area contributed by atoms with Crippen molar-refractivity contribution in [1.82, 2.24) is 10.2 Å². The molecule has 3 aromatic rings. The van der Waals surface area contributed by atoms with E-state index in [-0.39, 0.29) is 28.7 Å². The summed E-state index contributed by atoms with van der Waals surface area (Å²) in [6, 6.07) is 10.2. The van der Waals surface area contributed by atoms with E-state index in [1.807, 2.05) is 18.9 Å². The molecule has 0 radical (unpaired) electrons. The fourth-order valence-corrected chi connectivity index (χ4v) is 5.09. The Labute approximate surface area is 224 Å². The molecule has 2 aromatic carbocycles. The third-order valence-corrected chi connectivity index (χ3v) is 7.11. The van der Waals surface area contributed by atoms with Gasteiger partial charge in [-0.25, -0.2) is 13.6 Å². The normalized spacial score (nSPS) is 10.9. The third kappa shape index (κ3) is 7.00. The number of methoxy groups -OCH3 is 1. The van der Waals surface area contributed by atoms with Crippen LogP contribution in [0.3, 0.4) is 0 Å². The maximum atomic E-state index is 14.4. The minimum absolute atomic E-state index is 0.266. The van der Waals surface area contributed by atoms with Gasteiger partial charge in [0.1, 0.15) is 16.6 Å². The number of hydrogen-bond acceptors (Lipinski definition) is 6. The van der Waals surface area contributed by atoms with Crippen LogP contribution in [0.1, 0.15) is 28.4 Å². The average molecular weight is 545 g/mol. The van der Waals surface area contributed by atoms with Gasteiger partial charge in [-0.15, -0.1) is 11.3 Å². The van der Waals surface area contributed by atoms with Gasteiger partial charge in [0.15, 0.2) is 6.29 Å². The molecule has 202 valence electrons. The quantitative estimate of drug-likeness (QED) is 0.299. The van der Waals surface area contributed by atoms with Crippen molar-refractivity contribution in [3.63, 3.8) is 0 Å². The van der Waals surface area contributed by atoms with E-state index in [9.17, 15) is 23.2 Å². The molecule has 0 fully saturated rings. The summed E-state index contributed by atoms with van der Waals surface area (Å²) in [4.78, 5) is 40.2. The first-order chi connectivity index (χ1) is 18.3. The van der Waals surface area contributed by atoms with E-state index in [2.05, 4.69) is 10.6 Å². The highest BCUT2D eigenvalue weighted by molar-refractivity contribution is 7.20. The molecule has 3 rings (SSSR count). The minimum atomic E-state index is -0.781. The second kappa shape index (κ2) is 13.8. The van der Waals surface area contributed by atoms with Gasteiger partial charge in [0, 0.05) is 42.9 Å². The van der Waals surface area contributed by atoms with E-state index in [1.165, 1.54) is 17.4 Å². The number of hydrogen-bond donors (Lipinski definition) is 2.